The molecule has 3 aromatic rings. The van der Waals surface area contributed by atoms with Gasteiger partial charge in [-0.2, -0.15) is 0 Å². The number of ether oxygens (including phenoxy) is 1. The molecule has 102 valence electrons. The number of H-pyrrole nitrogens is 1. The third-order valence-electron chi connectivity index (χ3n) is 2.52. The van der Waals surface area contributed by atoms with Crippen LogP contribution in [0.2, 0.25) is 0 Å². The smallest absolute Gasteiger partial charge is 0.406 e. The Morgan fingerprint density at radius 1 is 1.05 bits per heavy atom. The van der Waals surface area contributed by atoms with Gasteiger partial charge in [0.25, 0.3) is 0 Å². The number of alkyl halides is 3. The summed E-state index contributed by atoms with van der Waals surface area (Å²) in [7, 11) is 0. The zero-order valence-electron chi connectivity index (χ0n) is 9.85. The molecule has 0 spiro atoms. The van der Waals surface area contributed by atoms with E-state index in [1.807, 2.05) is 0 Å². The van der Waals surface area contributed by atoms with Gasteiger partial charge in [-0.1, -0.05) is 0 Å². The molecule has 8 heteroatoms. The standard InChI is InChI=1S/C12H7F3N4O/c13-12(14,15)20-8-3-1-7(2-4-8)9-5-16-10-11(19-9)18-6-17-10/h1-6H,(H,16,17,18,19). The zero-order chi connectivity index (χ0) is 14.2. The maximum atomic E-state index is 12.0. The normalized spacial score (nSPS) is 11.8. The van der Waals surface area contributed by atoms with E-state index >= 15 is 0 Å². The van der Waals surface area contributed by atoms with Gasteiger partial charge in [0.15, 0.2) is 11.3 Å². The number of hydrogen-bond donors (Lipinski definition) is 1. The molecule has 2 heterocycles. The highest BCUT2D eigenvalue weighted by molar-refractivity contribution is 5.70. The SMILES string of the molecule is FC(F)(F)Oc1ccc(-c2cnc3nc[nH]c3n2)cc1. The minimum Gasteiger partial charge on any atom is -0.406 e. The van der Waals surface area contributed by atoms with Crippen molar-refractivity contribution in [2.75, 3.05) is 0 Å². The fourth-order valence-corrected chi connectivity index (χ4v) is 1.70. The number of fused-ring (bicyclic) bond motifs is 1. The highest BCUT2D eigenvalue weighted by Gasteiger charge is 2.30. The summed E-state index contributed by atoms with van der Waals surface area (Å²) in [5.41, 5.74) is 2.15. The molecule has 0 bridgehead atoms. The van der Waals surface area contributed by atoms with Crippen molar-refractivity contribution in [3.8, 4) is 17.0 Å². The molecule has 0 aliphatic heterocycles. The molecular weight excluding hydrogens is 273 g/mol. The number of aromatic nitrogens is 4. The molecular formula is C12H7F3N4O. The van der Waals surface area contributed by atoms with Gasteiger partial charge in [0.1, 0.15) is 5.75 Å². The number of imidazole rings is 1. The summed E-state index contributed by atoms with van der Waals surface area (Å²) in [6.45, 7) is 0. The number of nitrogens with zero attached hydrogens (tertiary/aromatic N) is 3. The lowest BCUT2D eigenvalue weighted by molar-refractivity contribution is -0.274. The number of aromatic amines is 1. The lowest BCUT2D eigenvalue weighted by Gasteiger charge is -2.09. The van der Waals surface area contributed by atoms with E-state index in [2.05, 4.69) is 24.7 Å². The van der Waals surface area contributed by atoms with Crippen LogP contribution in [0.1, 0.15) is 0 Å². The predicted octanol–water partition coefficient (Wildman–Crippen LogP) is 2.92. The summed E-state index contributed by atoms with van der Waals surface area (Å²) < 4.78 is 39.9. The summed E-state index contributed by atoms with van der Waals surface area (Å²) in [6, 6.07) is 5.41. The number of nitrogens with one attached hydrogen (secondary N) is 1. The number of hydrogen-bond acceptors (Lipinski definition) is 4. The Labute approximate surface area is 110 Å². The summed E-state index contributed by atoms with van der Waals surface area (Å²) in [5.74, 6) is -0.281. The molecule has 0 atom stereocenters. The molecule has 0 radical (unpaired) electrons. The van der Waals surface area contributed by atoms with Crippen molar-refractivity contribution in [1.82, 2.24) is 19.9 Å². The molecule has 20 heavy (non-hydrogen) atoms. The molecule has 5 nitrogen and oxygen atoms in total. The van der Waals surface area contributed by atoms with E-state index in [0.717, 1.165) is 0 Å². The fraction of sp³-hybridized carbons (Fsp3) is 0.0833. The molecule has 0 aliphatic carbocycles. The topological polar surface area (TPSA) is 63.7 Å². The highest BCUT2D eigenvalue weighted by atomic mass is 19.4. The Kier molecular flexibility index (Phi) is 2.78. The zero-order valence-corrected chi connectivity index (χ0v) is 9.85. The van der Waals surface area contributed by atoms with Gasteiger partial charge in [-0.25, -0.2) is 15.0 Å². The van der Waals surface area contributed by atoms with Crippen LogP contribution >= 0.6 is 0 Å². The van der Waals surface area contributed by atoms with E-state index in [1.54, 1.807) is 0 Å². The molecule has 0 saturated carbocycles. The first kappa shape index (κ1) is 12.4. The summed E-state index contributed by atoms with van der Waals surface area (Å²) >= 11 is 0. The maximum Gasteiger partial charge on any atom is 0.573 e. The first-order valence-electron chi connectivity index (χ1n) is 5.53. The van der Waals surface area contributed by atoms with Crippen LogP contribution in [0.5, 0.6) is 5.75 Å². The first-order chi connectivity index (χ1) is 9.51. The molecule has 0 unspecified atom stereocenters. The minimum atomic E-state index is -4.70. The van der Waals surface area contributed by atoms with E-state index in [0.29, 0.717) is 22.6 Å². The van der Waals surface area contributed by atoms with Crippen molar-refractivity contribution >= 4 is 11.3 Å². The number of halogens is 3. The Balaban J connectivity index is 1.90. The van der Waals surface area contributed by atoms with E-state index in [-0.39, 0.29) is 5.75 Å². The van der Waals surface area contributed by atoms with Crippen LogP contribution in [0.4, 0.5) is 13.2 Å². The van der Waals surface area contributed by atoms with Crippen molar-refractivity contribution in [3.05, 3.63) is 36.8 Å². The third kappa shape index (κ3) is 2.53. The second-order valence-corrected chi connectivity index (χ2v) is 3.90. The predicted molar refractivity (Wildman–Crippen MR) is 63.8 cm³/mol. The molecule has 0 fully saturated rings. The Morgan fingerprint density at radius 2 is 1.80 bits per heavy atom. The largest absolute Gasteiger partial charge is 0.573 e. The third-order valence-corrected chi connectivity index (χ3v) is 2.52. The molecule has 1 N–H and O–H groups in total. The lowest BCUT2D eigenvalue weighted by atomic mass is 10.1. The summed E-state index contributed by atoms with van der Waals surface area (Å²) in [6.07, 6.45) is -1.73. The molecule has 0 aliphatic rings. The number of rotatable bonds is 2. The minimum absolute atomic E-state index is 0.281. The summed E-state index contributed by atoms with van der Waals surface area (Å²) in [4.78, 5) is 15.1. The maximum absolute atomic E-state index is 12.0. The second kappa shape index (κ2) is 4.48. The molecule has 2 aromatic heterocycles. The van der Waals surface area contributed by atoms with Crippen LogP contribution in [-0.2, 0) is 0 Å². The van der Waals surface area contributed by atoms with Gasteiger partial charge in [0.2, 0.25) is 0 Å². The van der Waals surface area contributed by atoms with Crippen LogP contribution < -0.4 is 4.74 Å². The van der Waals surface area contributed by atoms with Gasteiger partial charge < -0.3 is 9.72 Å². The van der Waals surface area contributed by atoms with Crippen molar-refractivity contribution in [3.63, 3.8) is 0 Å². The van der Waals surface area contributed by atoms with Crippen LogP contribution in [-0.4, -0.2) is 26.3 Å². The van der Waals surface area contributed by atoms with Gasteiger partial charge in [-0.15, -0.1) is 13.2 Å². The van der Waals surface area contributed by atoms with E-state index in [9.17, 15) is 13.2 Å². The van der Waals surface area contributed by atoms with Gasteiger partial charge >= 0.3 is 6.36 Å². The van der Waals surface area contributed by atoms with Gasteiger partial charge in [-0.3, -0.25) is 0 Å². The average Bonchev–Trinajstić information content (AvgIpc) is 2.85. The van der Waals surface area contributed by atoms with Crippen LogP contribution in [0.15, 0.2) is 36.8 Å². The monoisotopic (exact) mass is 280 g/mol. The van der Waals surface area contributed by atoms with Crippen molar-refractivity contribution in [2.45, 2.75) is 6.36 Å². The Hall–Kier alpha value is -2.64. The molecule has 3 rings (SSSR count). The first-order valence-corrected chi connectivity index (χ1v) is 5.53. The van der Waals surface area contributed by atoms with Crippen molar-refractivity contribution in [1.29, 1.82) is 0 Å². The molecule has 0 saturated heterocycles. The molecule has 0 amide bonds. The Morgan fingerprint density at radius 3 is 2.50 bits per heavy atom. The van der Waals surface area contributed by atoms with Crippen LogP contribution in [0, 0.1) is 0 Å². The second-order valence-electron chi connectivity index (χ2n) is 3.90. The van der Waals surface area contributed by atoms with E-state index < -0.39 is 6.36 Å². The van der Waals surface area contributed by atoms with E-state index in [4.69, 9.17) is 0 Å². The highest BCUT2D eigenvalue weighted by Crippen LogP contribution is 2.25. The van der Waals surface area contributed by atoms with Crippen molar-refractivity contribution < 1.29 is 17.9 Å². The van der Waals surface area contributed by atoms with Gasteiger partial charge in [-0.05, 0) is 24.3 Å². The lowest BCUT2D eigenvalue weighted by Crippen LogP contribution is -2.16. The van der Waals surface area contributed by atoms with Crippen LogP contribution in [0.25, 0.3) is 22.6 Å². The van der Waals surface area contributed by atoms with Gasteiger partial charge in [0.05, 0.1) is 18.2 Å². The Bertz CT molecular complexity index is 736. The van der Waals surface area contributed by atoms with E-state index in [1.165, 1.54) is 36.8 Å². The number of benzene rings is 1. The quantitative estimate of drug-likeness (QED) is 0.784. The summed E-state index contributed by atoms with van der Waals surface area (Å²) in [5, 5.41) is 0. The van der Waals surface area contributed by atoms with Crippen molar-refractivity contribution in [2.24, 2.45) is 0 Å². The van der Waals surface area contributed by atoms with Crippen LogP contribution in [0.3, 0.4) is 0 Å². The average molecular weight is 280 g/mol. The molecule has 1 aromatic carbocycles. The van der Waals surface area contributed by atoms with Gasteiger partial charge in [0, 0.05) is 5.56 Å². The fourth-order valence-electron chi connectivity index (χ4n) is 1.70.